The molecule has 0 radical (unpaired) electrons. The molecule has 3 aromatic rings. The van der Waals surface area contributed by atoms with Gasteiger partial charge in [-0.15, -0.1) is 10.2 Å². The Morgan fingerprint density at radius 1 is 1.04 bits per heavy atom. The summed E-state index contributed by atoms with van der Waals surface area (Å²) in [4.78, 5) is 17.9. The monoisotopic (exact) mass is 322 g/mol. The van der Waals surface area contributed by atoms with Crippen molar-refractivity contribution in [3.05, 3.63) is 77.8 Å². The number of likely N-dealkylation sites (N-methyl/N-ethyl adjacent to an activating group) is 1. The average Bonchev–Trinajstić information content (AvgIpc) is 3.09. The first-order valence-electron chi connectivity index (χ1n) is 7.73. The summed E-state index contributed by atoms with van der Waals surface area (Å²) >= 11 is 0. The zero-order chi connectivity index (χ0) is 16.8. The van der Waals surface area contributed by atoms with Gasteiger partial charge in [0.1, 0.15) is 0 Å². The Bertz CT molecular complexity index is 787. The number of carbonyl (C=O) groups is 1. The summed E-state index contributed by atoms with van der Waals surface area (Å²) in [5.41, 5.74) is 2.19. The van der Waals surface area contributed by atoms with E-state index in [1.807, 2.05) is 42.5 Å². The van der Waals surface area contributed by atoms with Crippen molar-refractivity contribution in [2.24, 2.45) is 0 Å². The third-order valence-corrected chi connectivity index (χ3v) is 3.68. The molecule has 0 aliphatic carbocycles. The first-order chi connectivity index (χ1) is 11.7. The van der Waals surface area contributed by atoms with E-state index >= 15 is 0 Å². The molecule has 0 fully saturated rings. The summed E-state index contributed by atoms with van der Waals surface area (Å²) < 4.78 is 5.50. The molecule has 1 amide bonds. The molecule has 3 rings (SSSR count). The van der Waals surface area contributed by atoms with E-state index < -0.39 is 0 Å². The Labute approximate surface area is 140 Å². The van der Waals surface area contributed by atoms with Crippen molar-refractivity contribution in [2.75, 3.05) is 13.6 Å². The Morgan fingerprint density at radius 2 is 1.79 bits per heavy atom. The van der Waals surface area contributed by atoms with E-state index in [-0.39, 0.29) is 11.8 Å². The highest BCUT2D eigenvalue weighted by Crippen LogP contribution is 2.10. The van der Waals surface area contributed by atoms with Crippen LogP contribution in [-0.4, -0.2) is 39.6 Å². The van der Waals surface area contributed by atoms with Crippen LogP contribution in [0.3, 0.4) is 0 Å². The average molecular weight is 322 g/mol. The molecular weight excluding hydrogens is 304 g/mol. The third-order valence-electron chi connectivity index (χ3n) is 3.68. The lowest BCUT2D eigenvalue weighted by Gasteiger charge is -2.14. The zero-order valence-corrected chi connectivity index (χ0v) is 13.4. The second-order valence-electron chi connectivity index (χ2n) is 5.50. The molecule has 0 bridgehead atoms. The van der Waals surface area contributed by atoms with Crippen LogP contribution in [0.15, 0.2) is 59.3 Å². The van der Waals surface area contributed by atoms with E-state index in [1.165, 1.54) is 0 Å². The second-order valence-corrected chi connectivity index (χ2v) is 5.50. The van der Waals surface area contributed by atoms with Gasteiger partial charge in [-0.1, -0.05) is 30.3 Å². The van der Waals surface area contributed by atoms with Crippen molar-refractivity contribution >= 4 is 5.91 Å². The number of hydrogen-bond donors (Lipinski definition) is 0. The number of benzene rings is 1. The quantitative estimate of drug-likeness (QED) is 0.696. The minimum Gasteiger partial charge on any atom is -0.417 e. The molecule has 6 heteroatoms. The van der Waals surface area contributed by atoms with Gasteiger partial charge in [0.05, 0.1) is 6.42 Å². The van der Waals surface area contributed by atoms with Crippen molar-refractivity contribution in [1.29, 1.82) is 0 Å². The standard InChI is InChI=1S/C18H18N4O2/c1-22(12-9-14-7-10-19-11-8-14)18(23)17-21-20-16(24-17)13-15-5-3-2-4-6-15/h2-8,10-11H,9,12-13H2,1H3. The summed E-state index contributed by atoms with van der Waals surface area (Å²) in [6.07, 6.45) is 4.74. The summed E-state index contributed by atoms with van der Waals surface area (Å²) in [5, 5.41) is 7.83. The van der Waals surface area contributed by atoms with Gasteiger partial charge in [0.2, 0.25) is 5.89 Å². The topological polar surface area (TPSA) is 72.1 Å². The van der Waals surface area contributed by atoms with Gasteiger partial charge in [-0.05, 0) is 29.7 Å². The number of nitrogens with zero attached hydrogens (tertiary/aromatic N) is 4. The number of hydrogen-bond acceptors (Lipinski definition) is 5. The third kappa shape index (κ3) is 4.04. The Kier molecular flexibility index (Phi) is 4.96. The SMILES string of the molecule is CN(CCc1ccncc1)C(=O)c1nnc(Cc2ccccc2)o1. The highest BCUT2D eigenvalue weighted by atomic mass is 16.4. The van der Waals surface area contributed by atoms with Gasteiger partial charge < -0.3 is 9.32 Å². The van der Waals surface area contributed by atoms with Crippen LogP contribution < -0.4 is 0 Å². The Hall–Kier alpha value is -3.02. The fraction of sp³-hybridized carbons (Fsp3) is 0.222. The van der Waals surface area contributed by atoms with Crippen molar-refractivity contribution in [1.82, 2.24) is 20.1 Å². The summed E-state index contributed by atoms with van der Waals surface area (Å²) in [6.45, 7) is 0.569. The number of rotatable bonds is 6. The summed E-state index contributed by atoms with van der Waals surface area (Å²) in [6, 6.07) is 13.7. The van der Waals surface area contributed by atoms with Crippen molar-refractivity contribution < 1.29 is 9.21 Å². The molecule has 0 saturated heterocycles. The highest BCUT2D eigenvalue weighted by molar-refractivity contribution is 5.89. The molecule has 0 spiro atoms. The van der Waals surface area contributed by atoms with Gasteiger partial charge in [-0.2, -0.15) is 0 Å². The molecule has 24 heavy (non-hydrogen) atoms. The number of pyridine rings is 1. The smallest absolute Gasteiger partial charge is 0.311 e. The molecule has 0 aliphatic rings. The largest absolute Gasteiger partial charge is 0.417 e. The number of carbonyl (C=O) groups excluding carboxylic acids is 1. The lowest BCUT2D eigenvalue weighted by atomic mass is 10.2. The van der Waals surface area contributed by atoms with E-state index in [0.29, 0.717) is 18.9 Å². The molecule has 0 aliphatic heterocycles. The van der Waals surface area contributed by atoms with Crippen LogP contribution in [0.1, 0.15) is 27.7 Å². The Morgan fingerprint density at radius 3 is 2.54 bits per heavy atom. The maximum atomic E-state index is 12.3. The van der Waals surface area contributed by atoms with E-state index in [0.717, 1.165) is 17.5 Å². The molecular formula is C18H18N4O2. The molecule has 0 unspecified atom stereocenters. The number of amides is 1. The lowest BCUT2D eigenvalue weighted by molar-refractivity contribution is 0.0755. The fourth-order valence-electron chi connectivity index (χ4n) is 2.29. The van der Waals surface area contributed by atoms with Crippen LogP contribution in [0.4, 0.5) is 0 Å². The maximum Gasteiger partial charge on any atom is 0.311 e. The molecule has 122 valence electrons. The van der Waals surface area contributed by atoms with Gasteiger partial charge in [0.25, 0.3) is 0 Å². The van der Waals surface area contributed by atoms with Crippen LogP contribution in [0.25, 0.3) is 0 Å². The van der Waals surface area contributed by atoms with Gasteiger partial charge >= 0.3 is 11.8 Å². The van der Waals surface area contributed by atoms with Crippen molar-refractivity contribution in [3.8, 4) is 0 Å². The molecule has 0 N–H and O–H groups in total. The maximum absolute atomic E-state index is 12.3. The zero-order valence-electron chi connectivity index (χ0n) is 13.4. The van der Waals surface area contributed by atoms with E-state index in [2.05, 4.69) is 15.2 Å². The van der Waals surface area contributed by atoms with Crippen LogP contribution in [-0.2, 0) is 12.8 Å². The molecule has 2 heterocycles. The van der Waals surface area contributed by atoms with Crippen LogP contribution in [0.5, 0.6) is 0 Å². The van der Waals surface area contributed by atoms with E-state index in [9.17, 15) is 4.79 Å². The predicted molar refractivity (Wildman–Crippen MR) is 88.4 cm³/mol. The van der Waals surface area contributed by atoms with Crippen LogP contribution in [0, 0.1) is 0 Å². The first kappa shape index (κ1) is 15.9. The normalized spacial score (nSPS) is 10.5. The van der Waals surface area contributed by atoms with E-state index in [1.54, 1.807) is 24.3 Å². The van der Waals surface area contributed by atoms with Gasteiger partial charge in [-0.25, -0.2) is 0 Å². The molecule has 1 aromatic carbocycles. The Balaban J connectivity index is 1.58. The first-order valence-corrected chi connectivity index (χ1v) is 7.73. The van der Waals surface area contributed by atoms with Gasteiger partial charge in [0.15, 0.2) is 0 Å². The van der Waals surface area contributed by atoms with Crippen LogP contribution in [0.2, 0.25) is 0 Å². The lowest BCUT2D eigenvalue weighted by Crippen LogP contribution is -2.29. The van der Waals surface area contributed by atoms with Crippen molar-refractivity contribution in [3.63, 3.8) is 0 Å². The predicted octanol–water partition coefficient (Wildman–Crippen LogP) is 2.37. The highest BCUT2D eigenvalue weighted by Gasteiger charge is 2.19. The van der Waals surface area contributed by atoms with Crippen molar-refractivity contribution in [2.45, 2.75) is 12.8 Å². The minimum atomic E-state index is -0.268. The second kappa shape index (κ2) is 7.50. The molecule has 0 saturated carbocycles. The fourth-order valence-corrected chi connectivity index (χ4v) is 2.29. The van der Waals surface area contributed by atoms with E-state index in [4.69, 9.17) is 4.42 Å². The summed E-state index contributed by atoms with van der Waals surface area (Å²) in [7, 11) is 1.73. The molecule has 0 atom stereocenters. The van der Waals surface area contributed by atoms with Gasteiger partial charge in [-0.3, -0.25) is 9.78 Å². The minimum absolute atomic E-state index is 0.0261. The number of aromatic nitrogens is 3. The molecule has 6 nitrogen and oxygen atoms in total. The summed E-state index contributed by atoms with van der Waals surface area (Å²) in [5.74, 6) is 0.195. The van der Waals surface area contributed by atoms with Gasteiger partial charge in [0, 0.05) is 26.0 Å². The molecule has 2 aromatic heterocycles. The van der Waals surface area contributed by atoms with Crippen LogP contribution >= 0.6 is 0 Å².